The third-order valence-electron chi connectivity index (χ3n) is 6.13. The number of furan rings is 1. The van der Waals surface area contributed by atoms with Gasteiger partial charge in [-0.1, -0.05) is 19.3 Å². The molecule has 0 amide bonds. The van der Waals surface area contributed by atoms with E-state index in [-0.39, 0.29) is 0 Å². The molecule has 0 unspecified atom stereocenters. The molecule has 3 fully saturated rings. The van der Waals surface area contributed by atoms with E-state index in [4.69, 9.17) is 19.1 Å². The van der Waals surface area contributed by atoms with Crippen molar-refractivity contribution in [1.29, 1.82) is 0 Å². The van der Waals surface area contributed by atoms with Crippen LogP contribution < -0.4 is 0 Å². The van der Waals surface area contributed by atoms with Crippen molar-refractivity contribution in [3.63, 3.8) is 0 Å². The van der Waals surface area contributed by atoms with Gasteiger partial charge >= 0.3 is 12.1 Å². The quantitative estimate of drug-likeness (QED) is 0.783. The van der Waals surface area contributed by atoms with E-state index in [0.29, 0.717) is 12.1 Å². The summed E-state index contributed by atoms with van der Waals surface area (Å²) in [4.78, 5) is 14.1. The standard InChI is InChI=1S/C19H30N2O2.C2HF3O2/c1-15-7-8-17(23-15)12-21-9-10-22-19-14-20(13-18(19)21)11-16-5-3-2-4-6-16;3-2(4,5)1(6)7/h7-8,16,18-19H,2-6,9-14H2,1H3;(H,6,7)/t18-,19+;/m1./s1. The van der Waals surface area contributed by atoms with Gasteiger partial charge in [0.15, 0.2) is 0 Å². The highest BCUT2D eigenvalue weighted by Gasteiger charge is 2.41. The van der Waals surface area contributed by atoms with E-state index in [0.717, 1.165) is 43.7 Å². The summed E-state index contributed by atoms with van der Waals surface area (Å²) in [5.74, 6) is 0.265. The third-order valence-corrected chi connectivity index (χ3v) is 6.13. The monoisotopic (exact) mass is 432 g/mol. The second-order valence-electron chi connectivity index (χ2n) is 8.48. The Labute approximate surface area is 175 Å². The van der Waals surface area contributed by atoms with E-state index in [1.807, 2.05) is 6.92 Å². The van der Waals surface area contributed by atoms with Gasteiger partial charge in [-0.15, -0.1) is 0 Å². The molecule has 1 aromatic heterocycles. The van der Waals surface area contributed by atoms with Crippen LogP contribution in [-0.4, -0.2) is 72.0 Å². The summed E-state index contributed by atoms with van der Waals surface area (Å²) in [6, 6.07) is 4.73. The number of carboxylic acid groups (broad SMARTS) is 1. The SMILES string of the molecule is Cc1ccc(CN2CCO[C@H]3CN(CC4CCCCC4)C[C@H]32)o1.O=C(O)C(F)(F)F. The Balaban J connectivity index is 0.000000318. The molecule has 1 N–H and O–H groups in total. The molecule has 0 spiro atoms. The van der Waals surface area contributed by atoms with E-state index < -0.39 is 12.1 Å². The minimum absolute atomic E-state index is 0.392. The van der Waals surface area contributed by atoms with Gasteiger partial charge in [0.25, 0.3) is 0 Å². The first-order valence-corrected chi connectivity index (χ1v) is 10.7. The molecule has 2 saturated heterocycles. The number of carbonyl (C=O) groups is 1. The predicted octanol–water partition coefficient (Wildman–Crippen LogP) is 3.69. The summed E-state index contributed by atoms with van der Waals surface area (Å²) in [6.07, 6.45) is 2.49. The number of ether oxygens (including phenoxy) is 1. The highest BCUT2D eigenvalue weighted by atomic mass is 19.4. The van der Waals surface area contributed by atoms with Crippen LogP contribution in [0.2, 0.25) is 0 Å². The number of aryl methyl sites for hydroxylation is 1. The van der Waals surface area contributed by atoms with E-state index in [1.165, 1.54) is 45.2 Å². The fourth-order valence-electron chi connectivity index (χ4n) is 4.68. The van der Waals surface area contributed by atoms with Crippen molar-refractivity contribution < 1.29 is 32.2 Å². The molecular formula is C21H31F3N2O4. The maximum atomic E-state index is 10.6. The van der Waals surface area contributed by atoms with Gasteiger partial charge in [0.2, 0.25) is 0 Å². The lowest BCUT2D eigenvalue weighted by molar-refractivity contribution is -0.192. The van der Waals surface area contributed by atoms with Crippen molar-refractivity contribution in [2.75, 3.05) is 32.8 Å². The molecule has 0 bridgehead atoms. The molecule has 1 aliphatic carbocycles. The number of fused-ring (bicyclic) bond motifs is 1. The molecule has 1 saturated carbocycles. The van der Waals surface area contributed by atoms with Crippen LogP contribution in [0.3, 0.4) is 0 Å². The van der Waals surface area contributed by atoms with Crippen LogP contribution in [0, 0.1) is 12.8 Å². The highest BCUT2D eigenvalue weighted by Crippen LogP contribution is 2.29. The van der Waals surface area contributed by atoms with Gasteiger partial charge in [-0.05, 0) is 37.8 Å². The molecule has 0 radical (unpaired) electrons. The van der Waals surface area contributed by atoms with E-state index in [2.05, 4.69) is 21.9 Å². The van der Waals surface area contributed by atoms with Crippen molar-refractivity contribution in [3.05, 3.63) is 23.7 Å². The zero-order chi connectivity index (χ0) is 21.7. The molecule has 4 rings (SSSR count). The normalized spacial score (nSPS) is 26.1. The summed E-state index contributed by atoms with van der Waals surface area (Å²) < 4.78 is 43.6. The first kappa shape index (κ1) is 23.1. The number of carboxylic acids is 1. The number of likely N-dealkylation sites (tertiary alicyclic amines) is 1. The van der Waals surface area contributed by atoms with Crippen molar-refractivity contribution >= 4 is 5.97 Å². The molecule has 2 atom stereocenters. The number of halogens is 3. The molecule has 3 heterocycles. The zero-order valence-corrected chi connectivity index (χ0v) is 17.4. The first-order valence-electron chi connectivity index (χ1n) is 10.7. The summed E-state index contributed by atoms with van der Waals surface area (Å²) in [5, 5.41) is 7.12. The van der Waals surface area contributed by atoms with Crippen molar-refractivity contribution in [2.24, 2.45) is 5.92 Å². The number of nitrogens with zero attached hydrogens (tertiary/aromatic N) is 2. The first-order chi connectivity index (χ1) is 14.2. The van der Waals surface area contributed by atoms with Gasteiger partial charge in [0, 0.05) is 26.2 Å². The molecule has 30 heavy (non-hydrogen) atoms. The molecule has 2 aliphatic heterocycles. The number of alkyl halides is 3. The lowest BCUT2D eigenvalue weighted by Crippen LogP contribution is -2.50. The minimum Gasteiger partial charge on any atom is -0.475 e. The molecule has 3 aliphatic rings. The van der Waals surface area contributed by atoms with Crippen molar-refractivity contribution in [1.82, 2.24) is 9.80 Å². The van der Waals surface area contributed by atoms with Crippen LogP contribution in [0.15, 0.2) is 16.5 Å². The van der Waals surface area contributed by atoms with Crippen LogP contribution >= 0.6 is 0 Å². The van der Waals surface area contributed by atoms with Gasteiger partial charge in [0.05, 0.1) is 25.3 Å². The lowest BCUT2D eigenvalue weighted by atomic mass is 9.89. The Hall–Kier alpha value is -1.58. The van der Waals surface area contributed by atoms with Crippen molar-refractivity contribution in [2.45, 2.75) is 63.9 Å². The molecule has 6 nitrogen and oxygen atoms in total. The number of aliphatic carboxylic acids is 1. The van der Waals surface area contributed by atoms with Crippen LogP contribution in [0.25, 0.3) is 0 Å². The average molecular weight is 432 g/mol. The Bertz CT molecular complexity index is 688. The topological polar surface area (TPSA) is 66.2 Å². The lowest BCUT2D eigenvalue weighted by Gasteiger charge is -2.36. The molecule has 170 valence electrons. The number of rotatable bonds is 4. The summed E-state index contributed by atoms with van der Waals surface area (Å²) >= 11 is 0. The van der Waals surface area contributed by atoms with Crippen LogP contribution in [0.1, 0.15) is 43.6 Å². The van der Waals surface area contributed by atoms with Crippen LogP contribution in [-0.2, 0) is 16.1 Å². The van der Waals surface area contributed by atoms with Gasteiger partial charge in [-0.3, -0.25) is 9.80 Å². The molecule has 1 aromatic rings. The highest BCUT2D eigenvalue weighted by molar-refractivity contribution is 5.73. The van der Waals surface area contributed by atoms with Crippen molar-refractivity contribution in [3.8, 4) is 0 Å². The Morgan fingerprint density at radius 1 is 1.20 bits per heavy atom. The fraction of sp³-hybridized carbons (Fsp3) is 0.762. The Morgan fingerprint density at radius 2 is 1.90 bits per heavy atom. The van der Waals surface area contributed by atoms with Gasteiger partial charge in [0.1, 0.15) is 11.5 Å². The van der Waals surface area contributed by atoms with E-state index in [9.17, 15) is 13.2 Å². The van der Waals surface area contributed by atoms with Gasteiger partial charge in [-0.25, -0.2) is 4.79 Å². The van der Waals surface area contributed by atoms with Crippen LogP contribution in [0.5, 0.6) is 0 Å². The van der Waals surface area contributed by atoms with E-state index in [1.54, 1.807) is 0 Å². The second kappa shape index (κ2) is 10.2. The van der Waals surface area contributed by atoms with Crippen LogP contribution in [0.4, 0.5) is 13.2 Å². The Kier molecular flexibility index (Phi) is 7.81. The Morgan fingerprint density at radius 3 is 2.50 bits per heavy atom. The predicted molar refractivity (Wildman–Crippen MR) is 104 cm³/mol. The number of hydrogen-bond acceptors (Lipinski definition) is 5. The third kappa shape index (κ3) is 6.46. The minimum atomic E-state index is -5.08. The summed E-state index contributed by atoms with van der Waals surface area (Å²) in [5.41, 5.74) is 0. The zero-order valence-electron chi connectivity index (χ0n) is 17.4. The van der Waals surface area contributed by atoms with Gasteiger partial charge in [-0.2, -0.15) is 13.2 Å². The number of hydrogen-bond donors (Lipinski definition) is 1. The fourth-order valence-corrected chi connectivity index (χ4v) is 4.68. The number of morpholine rings is 1. The maximum absolute atomic E-state index is 10.6. The summed E-state index contributed by atoms with van der Waals surface area (Å²) in [7, 11) is 0. The van der Waals surface area contributed by atoms with E-state index >= 15 is 0 Å². The summed E-state index contributed by atoms with van der Waals surface area (Å²) in [6.45, 7) is 8.40. The smallest absolute Gasteiger partial charge is 0.475 e. The van der Waals surface area contributed by atoms with Gasteiger partial charge < -0.3 is 14.3 Å². The largest absolute Gasteiger partial charge is 0.490 e. The average Bonchev–Trinajstić information content (AvgIpc) is 3.28. The second-order valence-corrected chi connectivity index (χ2v) is 8.48. The molecular weight excluding hydrogens is 401 g/mol. The maximum Gasteiger partial charge on any atom is 0.490 e. The molecule has 9 heteroatoms. The molecule has 0 aromatic carbocycles.